The molecule has 8 heteroatoms. The Morgan fingerprint density at radius 1 is 1.35 bits per heavy atom. The van der Waals surface area contributed by atoms with Gasteiger partial charge < -0.3 is 10.2 Å². The fraction of sp³-hybridized carbons (Fsp3) is 0.333. The third-order valence-corrected chi connectivity index (χ3v) is 5.32. The summed E-state index contributed by atoms with van der Waals surface area (Å²) in [5, 5.41) is 13.4. The van der Waals surface area contributed by atoms with Gasteiger partial charge in [0.25, 0.3) is 0 Å². The van der Waals surface area contributed by atoms with Crippen molar-refractivity contribution in [3.05, 3.63) is 51.5 Å². The third kappa shape index (κ3) is 4.66. The molecular weight excluding hydrogens is 352 g/mol. The van der Waals surface area contributed by atoms with E-state index < -0.39 is 4.92 Å². The summed E-state index contributed by atoms with van der Waals surface area (Å²) in [6, 6.07) is 6.79. The molecule has 1 aliphatic heterocycles. The maximum absolute atomic E-state index is 12.0. The van der Waals surface area contributed by atoms with E-state index in [1.54, 1.807) is 18.3 Å². The van der Waals surface area contributed by atoms with Crippen LogP contribution in [0.2, 0.25) is 0 Å². The van der Waals surface area contributed by atoms with E-state index in [0.29, 0.717) is 10.6 Å². The van der Waals surface area contributed by atoms with Crippen molar-refractivity contribution < 1.29 is 9.72 Å². The molecule has 0 aliphatic carbocycles. The van der Waals surface area contributed by atoms with Crippen molar-refractivity contribution in [2.45, 2.75) is 19.8 Å². The number of hydrogen-bond donors (Lipinski definition) is 1. The molecule has 1 fully saturated rings. The first kappa shape index (κ1) is 18.1. The first-order valence-electron chi connectivity index (χ1n) is 8.45. The van der Waals surface area contributed by atoms with E-state index in [1.165, 1.54) is 25.0 Å². The molecule has 3 heterocycles. The minimum absolute atomic E-state index is 0.0527. The lowest BCUT2D eigenvalue weighted by atomic mass is 9.99. The molecule has 26 heavy (non-hydrogen) atoms. The van der Waals surface area contributed by atoms with Gasteiger partial charge >= 0.3 is 5.00 Å². The highest BCUT2D eigenvalue weighted by Crippen LogP contribution is 2.25. The van der Waals surface area contributed by atoms with Crippen molar-refractivity contribution in [1.29, 1.82) is 0 Å². The summed E-state index contributed by atoms with van der Waals surface area (Å²) >= 11 is 1.02. The number of amides is 1. The first-order chi connectivity index (χ1) is 12.5. The summed E-state index contributed by atoms with van der Waals surface area (Å²) < 4.78 is 0. The second-order valence-corrected chi connectivity index (χ2v) is 7.42. The van der Waals surface area contributed by atoms with Crippen molar-refractivity contribution in [3.63, 3.8) is 0 Å². The van der Waals surface area contributed by atoms with E-state index in [9.17, 15) is 14.9 Å². The highest BCUT2D eigenvalue weighted by molar-refractivity contribution is 7.16. The number of piperidine rings is 1. The molecule has 0 spiro atoms. The lowest BCUT2D eigenvalue weighted by Crippen LogP contribution is -2.33. The average Bonchev–Trinajstić information content (AvgIpc) is 3.11. The fourth-order valence-electron chi connectivity index (χ4n) is 2.76. The van der Waals surface area contributed by atoms with Gasteiger partial charge in [-0.3, -0.25) is 14.9 Å². The number of nitrogens with zero attached hydrogens (tertiary/aromatic N) is 3. The molecule has 1 N–H and O–H groups in total. The minimum Gasteiger partial charge on any atom is -0.357 e. The first-order valence-corrected chi connectivity index (χ1v) is 9.27. The van der Waals surface area contributed by atoms with Crippen LogP contribution in [0.4, 0.5) is 16.5 Å². The Kier molecular flexibility index (Phi) is 5.62. The zero-order valence-electron chi connectivity index (χ0n) is 14.4. The number of nitrogens with one attached hydrogen (secondary N) is 1. The predicted molar refractivity (Wildman–Crippen MR) is 103 cm³/mol. The Morgan fingerprint density at radius 2 is 2.12 bits per heavy atom. The van der Waals surface area contributed by atoms with Gasteiger partial charge in [0, 0.05) is 30.1 Å². The van der Waals surface area contributed by atoms with Gasteiger partial charge in [0.1, 0.15) is 5.82 Å². The number of carbonyl (C=O) groups is 1. The Balaban J connectivity index is 1.55. The van der Waals surface area contributed by atoms with Crippen LogP contribution in [0.25, 0.3) is 6.08 Å². The summed E-state index contributed by atoms with van der Waals surface area (Å²) in [6.45, 7) is 4.29. The summed E-state index contributed by atoms with van der Waals surface area (Å²) in [6.07, 6.45) is 6.91. The van der Waals surface area contributed by atoms with Gasteiger partial charge in [-0.05, 0) is 43.0 Å². The highest BCUT2D eigenvalue weighted by Gasteiger charge is 2.16. The van der Waals surface area contributed by atoms with Crippen molar-refractivity contribution in [2.75, 3.05) is 23.3 Å². The smallest absolute Gasteiger partial charge is 0.324 e. The standard InChI is InChI=1S/C18H20N4O3S/c1-13-8-10-21(11-9-13)16-5-2-14(12-19-16)20-17(23)6-3-15-4-7-18(26-15)22(24)25/h2-7,12-13H,8-11H2,1H3,(H,20,23)/b6-3+. The molecule has 2 aromatic heterocycles. The minimum atomic E-state index is -0.446. The van der Waals surface area contributed by atoms with Crippen LogP contribution >= 0.6 is 11.3 Å². The van der Waals surface area contributed by atoms with Crippen LogP contribution in [0.3, 0.4) is 0 Å². The van der Waals surface area contributed by atoms with E-state index in [1.807, 2.05) is 12.1 Å². The zero-order valence-corrected chi connectivity index (χ0v) is 15.2. The highest BCUT2D eigenvalue weighted by atomic mass is 32.1. The molecule has 0 aromatic carbocycles. The number of hydrogen-bond acceptors (Lipinski definition) is 6. The quantitative estimate of drug-likeness (QED) is 0.488. The molecule has 7 nitrogen and oxygen atoms in total. The molecule has 3 rings (SSSR count). The van der Waals surface area contributed by atoms with Crippen molar-refractivity contribution in [1.82, 2.24) is 4.98 Å². The van der Waals surface area contributed by atoms with E-state index in [4.69, 9.17) is 0 Å². The van der Waals surface area contributed by atoms with Crippen LogP contribution in [0.1, 0.15) is 24.6 Å². The largest absolute Gasteiger partial charge is 0.357 e. The van der Waals surface area contributed by atoms with Gasteiger partial charge in [0.15, 0.2) is 0 Å². The normalized spacial score (nSPS) is 15.3. The van der Waals surface area contributed by atoms with E-state index in [2.05, 4.69) is 22.1 Å². The van der Waals surface area contributed by atoms with E-state index >= 15 is 0 Å². The lowest BCUT2D eigenvalue weighted by Gasteiger charge is -2.31. The van der Waals surface area contributed by atoms with E-state index in [0.717, 1.165) is 36.2 Å². The Morgan fingerprint density at radius 3 is 2.73 bits per heavy atom. The van der Waals surface area contributed by atoms with Crippen molar-refractivity contribution in [3.8, 4) is 0 Å². The molecule has 1 aliphatic rings. The predicted octanol–water partition coefficient (Wildman–Crippen LogP) is 3.94. The molecule has 0 atom stereocenters. The number of thiophene rings is 1. The van der Waals surface area contributed by atoms with Crippen LogP contribution in [-0.2, 0) is 4.79 Å². The monoisotopic (exact) mass is 372 g/mol. The number of aromatic nitrogens is 1. The molecule has 2 aromatic rings. The van der Waals surface area contributed by atoms with Crippen LogP contribution in [0, 0.1) is 16.0 Å². The van der Waals surface area contributed by atoms with Crippen LogP contribution in [0.5, 0.6) is 0 Å². The number of pyridine rings is 1. The Hall–Kier alpha value is -2.74. The average molecular weight is 372 g/mol. The zero-order chi connectivity index (χ0) is 18.5. The maximum atomic E-state index is 12.0. The number of carbonyl (C=O) groups excluding carboxylic acids is 1. The Bertz CT molecular complexity index is 808. The van der Waals surface area contributed by atoms with Crippen LogP contribution in [-0.4, -0.2) is 28.9 Å². The van der Waals surface area contributed by atoms with Crippen LogP contribution < -0.4 is 10.2 Å². The van der Waals surface area contributed by atoms with Gasteiger partial charge in [0.05, 0.1) is 16.8 Å². The molecule has 0 bridgehead atoms. The summed E-state index contributed by atoms with van der Waals surface area (Å²) in [7, 11) is 0. The third-order valence-electron chi connectivity index (χ3n) is 4.31. The Labute approximate surface area is 155 Å². The van der Waals surface area contributed by atoms with Gasteiger partial charge in [0.2, 0.25) is 5.91 Å². The van der Waals surface area contributed by atoms with Gasteiger partial charge in [-0.15, -0.1) is 0 Å². The van der Waals surface area contributed by atoms with Crippen molar-refractivity contribution >= 4 is 39.8 Å². The lowest BCUT2D eigenvalue weighted by molar-refractivity contribution is -0.380. The van der Waals surface area contributed by atoms with Crippen molar-refractivity contribution in [2.24, 2.45) is 5.92 Å². The molecule has 136 valence electrons. The summed E-state index contributed by atoms with van der Waals surface area (Å²) in [5.74, 6) is 1.39. The summed E-state index contributed by atoms with van der Waals surface area (Å²) in [4.78, 5) is 29.5. The molecule has 0 radical (unpaired) electrons. The number of nitro groups is 1. The molecule has 0 saturated carbocycles. The maximum Gasteiger partial charge on any atom is 0.324 e. The molecular formula is C18H20N4O3S. The number of anilines is 2. The SMILES string of the molecule is CC1CCN(c2ccc(NC(=O)/C=C/c3ccc([N+](=O)[O-])s3)cn2)CC1. The molecule has 1 saturated heterocycles. The topological polar surface area (TPSA) is 88.4 Å². The van der Waals surface area contributed by atoms with Gasteiger partial charge in [-0.25, -0.2) is 4.98 Å². The summed E-state index contributed by atoms with van der Waals surface area (Å²) in [5.41, 5.74) is 0.617. The number of rotatable bonds is 5. The van der Waals surface area contributed by atoms with E-state index in [-0.39, 0.29) is 10.9 Å². The van der Waals surface area contributed by atoms with Gasteiger partial charge in [-0.1, -0.05) is 18.3 Å². The fourth-order valence-corrected chi connectivity index (χ4v) is 3.48. The molecule has 0 unspecified atom stereocenters. The second-order valence-electron chi connectivity index (χ2n) is 6.33. The molecule has 1 amide bonds. The second kappa shape index (κ2) is 8.09. The van der Waals surface area contributed by atoms with Crippen LogP contribution in [0.15, 0.2) is 36.5 Å². The van der Waals surface area contributed by atoms with Gasteiger partial charge in [-0.2, -0.15) is 0 Å².